The van der Waals surface area contributed by atoms with Gasteiger partial charge in [0.05, 0.1) is 0 Å². The minimum absolute atomic E-state index is 0.0407. The second kappa shape index (κ2) is 4.85. The van der Waals surface area contributed by atoms with Crippen molar-refractivity contribution in [3.05, 3.63) is 0 Å². The van der Waals surface area contributed by atoms with Crippen LogP contribution >= 0.6 is 11.6 Å². The molecule has 0 saturated heterocycles. The van der Waals surface area contributed by atoms with E-state index < -0.39 is 5.38 Å². The van der Waals surface area contributed by atoms with Crippen LogP contribution in [0.15, 0.2) is 0 Å². The summed E-state index contributed by atoms with van der Waals surface area (Å²) in [7, 11) is 0. The first-order chi connectivity index (χ1) is 6.11. The van der Waals surface area contributed by atoms with Gasteiger partial charge in [-0.2, -0.15) is 0 Å². The first-order valence-electron chi connectivity index (χ1n) is 5.05. The summed E-state index contributed by atoms with van der Waals surface area (Å²) >= 11 is 5.67. The number of carbonyl (C=O) groups is 1. The minimum Gasteiger partial charge on any atom is -0.352 e. The Labute approximate surface area is 85.0 Å². The SMILES string of the molecule is CC(Cl)C(=O)NC(C)C1CCCC1. The summed E-state index contributed by atoms with van der Waals surface area (Å²) in [5.41, 5.74) is 0. The third kappa shape index (κ3) is 3.18. The lowest BCUT2D eigenvalue weighted by atomic mass is 10.00. The average molecular weight is 204 g/mol. The Kier molecular flexibility index (Phi) is 4.04. The lowest BCUT2D eigenvalue weighted by Crippen LogP contribution is -2.40. The molecule has 2 unspecified atom stereocenters. The molecule has 0 heterocycles. The van der Waals surface area contributed by atoms with E-state index in [0.29, 0.717) is 5.92 Å². The molecule has 0 bridgehead atoms. The number of hydrogen-bond acceptors (Lipinski definition) is 1. The molecule has 76 valence electrons. The van der Waals surface area contributed by atoms with Crippen LogP contribution in [0.1, 0.15) is 39.5 Å². The summed E-state index contributed by atoms with van der Waals surface area (Å²) in [4.78, 5) is 11.3. The van der Waals surface area contributed by atoms with E-state index in [9.17, 15) is 4.79 Å². The lowest BCUT2D eigenvalue weighted by Gasteiger charge is -2.20. The van der Waals surface area contributed by atoms with Crippen LogP contribution in [0.3, 0.4) is 0 Å². The van der Waals surface area contributed by atoms with Crippen molar-refractivity contribution in [2.24, 2.45) is 5.92 Å². The third-order valence-electron chi connectivity index (χ3n) is 2.84. The normalized spacial score (nSPS) is 22.7. The Balaban J connectivity index is 2.31. The van der Waals surface area contributed by atoms with Crippen LogP contribution in [0.5, 0.6) is 0 Å². The van der Waals surface area contributed by atoms with Crippen LogP contribution in [0.4, 0.5) is 0 Å². The highest BCUT2D eigenvalue weighted by atomic mass is 35.5. The Bertz CT molecular complexity index is 176. The Morgan fingerprint density at radius 3 is 2.38 bits per heavy atom. The Morgan fingerprint density at radius 2 is 1.92 bits per heavy atom. The van der Waals surface area contributed by atoms with Crippen molar-refractivity contribution >= 4 is 17.5 Å². The Morgan fingerprint density at radius 1 is 1.38 bits per heavy atom. The van der Waals surface area contributed by atoms with Gasteiger partial charge in [0.15, 0.2) is 0 Å². The van der Waals surface area contributed by atoms with Gasteiger partial charge in [-0.25, -0.2) is 0 Å². The second-order valence-corrected chi connectivity index (χ2v) is 4.61. The zero-order valence-corrected chi connectivity index (χ0v) is 9.10. The summed E-state index contributed by atoms with van der Waals surface area (Å²) < 4.78 is 0. The van der Waals surface area contributed by atoms with Crippen LogP contribution in [-0.2, 0) is 4.79 Å². The van der Waals surface area contributed by atoms with Crippen molar-refractivity contribution in [2.45, 2.75) is 50.9 Å². The molecule has 1 N–H and O–H groups in total. The third-order valence-corrected chi connectivity index (χ3v) is 3.04. The van der Waals surface area contributed by atoms with E-state index in [1.54, 1.807) is 6.92 Å². The highest BCUT2D eigenvalue weighted by Gasteiger charge is 2.23. The maximum atomic E-state index is 11.3. The smallest absolute Gasteiger partial charge is 0.237 e. The van der Waals surface area contributed by atoms with Gasteiger partial charge >= 0.3 is 0 Å². The fourth-order valence-corrected chi connectivity index (χ4v) is 1.98. The molecule has 1 fully saturated rings. The van der Waals surface area contributed by atoms with Crippen LogP contribution in [0.2, 0.25) is 0 Å². The van der Waals surface area contributed by atoms with E-state index in [-0.39, 0.29) is 11.9 Å². The molecule has 1 amide bonds. The summed E-state index contributed by atoms with van der Waals surface area (Å²) in [6, 6.07) is 0.288. The zero-order chi connectivity index (χ0) is 9.84. The fourth-order valence-electron chi connectivity index (χ4n) is 1.91. The van der Waals surface area contributed by atoms with Crippen LogP contribution in [0.25, 0.3) is 0 Å². The van der Waals surface area contributed by atoms with E-state index in [2.05, 4.69) is 12.2 Å². The molecule has 0 spiro atoms. The number of alkyl halides is 1. The molecule has 1 aliphatic rings. The van der Waals surface area contributed by atoms with Gasteiger partial charge in [-0.1, -0.05) is 12.8 Å². The molecule has 2 nitrogen and oxygen atoms in total. The number of halogens is 1. The maximum absolute atomic E-state index is 11.3. The zero-order valence-electron chi connectivity index (χ0n) is 8.35. The van der Waals surface area contributed by atoms with Crippen LogP contribution < -0.4 is 5.32 Å². The maximum Gasteiger partial charge on any atom is 0.237 e. The number of nitrogens with one attached hydrogen (secondary N) is 1. The number of amides is 1. The monoisotopic (exact) mass is 203 g/mol. The summed E-state index contributed by atoms with van der Waals surface area (Å²) in [6.45, 7) is 3.78. The van der Waals surface area contributed by atoms with E-state index in [0.717, 1.165) is 0 Å². The van der Waals surface area contributed by atoms with Gasteiger partial charge in [0.1, 0.15) is 5.38 Å². The van der Waals surface area contributed by atoms with Gasteiger partial charge in [0.2, 0.25) is 5.91 Å². The number of hydrogen-bond donors (Lipinski definition) is 1. The van der Waals surface area contributed by atoms with Gasteiger partial charge in [0.25, 0.3) is 0 Å². The molecule has 0 aromatic carbocycles. The van der Waals surface area contributed by atoms with Crippen molar-refractivity contribution in [3.8, 4) is 0 Å². The molecule has 1 saturated carbocycles. The van der Waals surface area contributed by atoms with E-state index >= 15 is 0 Å². The van der Waals surface area contributed by atoms with Crippen molar-refractivity contribution < 1.29 is 4.79 Å². The Hall–Kier alpha value is -0.240. The first kappa shape index (κ1) is 10.8. The van der Waals surface area contributed by atoms with Crippen molar-refractivity contribution in [1.82, 2.24) is 5.32 Å². The molecule has 3 heteroatoms. The highest BCUT2D eigenvalue weighted by molar-refractivity contribution is 6.30. The van der Waals surface area contributed by atoms with Gasteiger partial charge in [-0.15, -0.1) is 11.6 Å². The fraction of sp³-hybridized carbons (Fsp3) is 0.900. The summed E-state index contributed by atoms with van der Waals surface area (Å²) in [5, 5.41) is 2.54. The van der Waals surface area contributed by atoms with Gasteiger partial charge in [-0.05, 0) is 32.6 Å². The van der Waals surface area contributed by atoms with E-state index in [1.807, 2.05) is 0 Å². The summed E-state index contributed by atoms with van der Waals surface area (Å²) in [5.74, 6) is 0.625. The first-order valence-corrected chi connectivity index (χ1v) is 5.49. The quantitative estimate of drug-likeness (QED) is 0.701. The molecule has 0 aromatic heterocycles. The molecular formula is C10H18ClNO. The van der Waals surface area contributed by atoms with Gasteiger partial charge in [-0.3, -0.25) is 4.79 Å². The molecule has 0 aromatic rings. The van der Waals surface area contributed by atoms with E-state index in [4.69, 9.17) is 11.6 Å². The summed E-state index contributed by atoms with van der Waals surface area (Å²) in [6.07, 6.45) is 5.11. The predicted molar refractivity (Wildman–Crippen MR) is 54.9 cm³/mol. The van der Waals surface area contributed by atoms with Crippen LogP contribution in [-0.4, -0.2) is 17.3 Å². The molecule has 0 radical (unpaired) electrons. The number of carbonyl (C=O) groups excluding carboxylic acids is 1. The largest absolute Gasteiger partial charge is 0.352 e. The molecule has 1 rings (SSSR count). The standard InChI is InChI=1S/C10H18ClNO/c1-7(11)10(13)12-8(2)9-5-3-4-6-9/h7-9H,3-6H2,1-2H3,(H,12,13). The van der Waals surface area contributed by atoms with Crippen molar-refractivity contribution in [1.29, 1.82) is 0 Å². The minimum atomic E-state index is -0.413. The lowest BCUT2D eigenvalue weighted by molar-refractivity contribution is -0.121. The highest BCUT2D eigenvalue weighted by Crippen LogP contribution is 2.27. The predicted octanol–water partition coefficient (Wildman–Crippen LogP) is 2.31. The average Bonchev–Trinajstić information content (AvgIpc) is 2.55. The molecule has 1 aliphatic carbocycles. The van der Waals surface area contributed by atoms with Gasteiger partial charge in [0, 0.05) is 6.04 Å². The molecule has 13 heavy (non-hydrogen) atoms. The second-order valence-electron chi connectivity index (χ2n) is 3.96. The number of rotatable bonds is 3. The van der Waals surface area contributed by atoms with Crippen molar-refractivity contribution in [3.63, 3.8) is 0 Å². The topological polar surface area (TPSA) is 29.1 Å². The molecule has 0 aliphatic heterocycles. The molecule has 2 atom stereocenters. The van der Waals surface area contributed by atoms with Crippen LogP contribution in [0, 0.1) is 5.92 Å². The van der Waals surface area contributed by atoms with Gasteiger partial charge < -0.3 is 5.32 Å². The van der Waals surface area contributed by atoms with E-state index in [1.165, 1.54) is 25.7 Å². The molecular weight excluding hydrogens is 186 g/mol. The van der Waals surface area contributed by atoms with Crippen molar-refractivity contribution in [2.75, 3.05) is 0 Å².